The maximum atomic E-state index is 13.0. The molecule has 1 N–H and O–H groups in total. The predicted octanol–water partition coefficient (Wildman–Crippen LogP) is 2.00. The van der Waals surface area contributed by atoms with Crippen LogP contribution < -0.4 is 10.9 Å². The van der Waals surface area contributed by atoms with Gasteiger partial charge in [0.2, 0.25) is 10.0 Å². The van der Waals surface area contributed by atoms with Gasteiger partial charge in [-0.05, 0) is 29.7 Å². The number of fused-ring (bicyclic) bond motifs is 1. The summed E-state index contributed by atoms with van der Waals surface area (Å²) in [5.41, 5.74) is 0.703. The van der Waals surface area contributed by atoms with Crippen molar-refractivity contribution in [2.75, 3.05) is 26.3 Å². The van der Waals surface area contributed by atoms with Crippen LogP contribution in [0.4, 0.5) is 0 Å². The first kappa shape index (κ1) is 24.1. The number of nitrogens with zero attached hydrogens (tertiary/aromatic N) is 3. The van der Waals surface area contributed by atoms with Crippen LogP contribution in [0.1, 0.15) is 29.9 Å². The van der Waals surface area contributed by atoms with Crippen molar-refractivity contribution in [3.05, 3.63) is 70.1 Å². The van der Waals surface area contributed by atoms with Crippen molar-refractivity contribution >= 4 is 26.7 Å². The number of benzene rings is 2. The van der Waals surface area contributed by atoms with Crippen LogP contribution in [0.15, 0.2) is 58.2 Å². The highest BCUT2D eigenvalue weighted by Gasteiger charge is 2.26. The van der Waals surface area contributed by atoms with Gasteiger partial charge in [0, 0.05) is 31.6 Å². The van der Waals surface area contributed by atoms with Crippen molar-refractivity contribution in [1.82, 2.24) is 19.4 Å². The Hall–Kier alpha value is -3.08. The van der Waals surface area contributed by atoms with E-state index in [1.165, 1.54) is 8.99 Å². The lowest BCUT2D eigenvalue weighted by Crippen LogP contribution is -2.40. The van der Waals surface area contributed by atoms with Crippen LogP contribution in [0.2, 0.25) is 0 Å². The fourth-order valence-electron chi connectivity index (χ4n) is 3.85. The minimum Gasteiger partial charge on any atom is -0.379 e. The van der Waals surface area contributed by atoms with E-state index in [9.17, 15) is 18.0 Å². The van der Waals surface area contributed by atoms with Crippen molar-refractivity contribution in [3.63, 3.8) is 0 Å². The molecule has 0 unspecified atom stereocenters. The molecule has 180 valence electrons. The van der Waals surface area contributed by atoms with E-state index in [1.54, 1.807) is 48.5 Å². The summed E-state index contributed by atoms with van der Waals surface area (Å²) in [4.78, 5) is 26.0. The Labute approximate surface area is 198 Å². The molecule has 0 radical (unpaired) electrons. The second-order valence-corrected chi connectivity index (χ2v) is 10.6. The van der Waals surface area contributed by atoms with E-state index in [0.717, 1.165) is 5.56 Å². The molecule has 4 rings (SSSR count). The first-order chi connectivity index (χ1) is 16.3. The normalized spacial score (nSPS) is 15.0. The molecule has 0 atom stereocenters. The summed E-state index contributed by atoms with van der Waals surface area (Å²) < 4.78 is 33.5. The van der Waals surface area contributed by atoms with Crippen molar-refractivity contribution in [3.8, 4) is 0 Å². The van der Waals surface area contributed by atoms with Gasteiger partial charge in [-0.25, -0.2) is 13.1 Å². The van der Waals surface area contributed by atoms with Gasteiger partial charge in [0.05, 0.1) is 23.5 Å². The number of hydrogen-bond acceptors (Lipinski definition) is 6. The number of rotatable bonds is 7. The Morgan fingerprint density at radius 2 is 1.71 bits per heavy atom. The summed E-state index contributed by atoms with van der Waals surface area (Å²) in [6, 6.07) is 13.4. The molecule has 1 aliphatic rings. The van der Waals surface area contributed by atoms with Gasteiger partial charge in [-0.2, -0.15) is 9.40 Å². The predicted molar refractivity (Wildman–Crippen MR) is 128 cm³/mol. The molecule has 9 nitrogen and oxygen atoms in total. The number of aromatic nitrogens is 2. The Bertz CT molecular complexity index is 1340. The number of sulfonamides is 1. The van der Waals surface area contributed by atoms with Crippen LogP contribution in [-0.2, 0) is 27.8 Å². The molecular weight excluding hydrogens is 456 g/mol. The third-order valence-electron chi connectivity index (χ3n) is 5.61. The fraction of sp³-hybridized carbons (Fsp3) is 0.375. The Kier molecular flexibility index (Phi) is 7.11. The molecule has 1 amide bonds. The van der Waals surface area contributed by atoms with Crippen molar-refractivity contribution in [2.24, 2.45) is 5.92 Å². The van der Waals surface area contributed by atoms with Crippen molar-refractivity contribution in [2.45, 2.75) is 31.8 Å². The third kappa shape index (κ3) is 5.03. The second kappa shape index (κ2) is 10.0. The lowest BCUT2D eigenvalue weighted by atomic mass is 10.1. The molecule has 1 aromatic heterocycles. The highest BCUT2D eigenvalue weighted by atomic mass is 32.2. The van der Waals surface area contributed by atoms with Gasteiger partial charge >= 0.3 is 0 Å². The standard InChI is InChI=1S/C24H28N4O5S/c1-17(2)16-28-24(30)21-6-4-3-5-20(21)22(26-28)23(29)25-15-18-7-9-19(10-8-18)34(31,32)27-11-13-33-14-12-27/h3-10,17H,11-16H2,1-2H3,(H,25,29). The molecule has 0 aliphatic carbocycles. The summed E-state index contributed by atoms with van der Waals surface area (Å²) in [7, 11) is -3.57. The Morgan fingerprint density at radius 3 is 2.35 bits per heavy atom. The molecule has 1 saturated heterocycles. The van der Waals surface area contributed by atoms with Crippen LogP contribution in [0.25, 0.3) is 10.8 Å². The van der Waals surface area contributed by atoms with Gasteiger partial charge in [0.25, 0.3) is 11.5 Å². The summed E-state index contributed by atoms with van der Waals surface area (Å²) in [6.07, 6.45) is 0. The van der Waals surface area contributed by atoms with Crippen molar-refractivity contribution in [1.29, 1.82) is 0 Å². The molecule has 0 bridgehead atoms. The van der Waals surface area contributed by atoms with Gasteiger partial charge in [0.1, 0.15) is 0 Å². The Morgan fingerprint density at radius 1 is 1.06 bits per heavy atom. The number of amides is 1. The number of hydrogen-bond donors (Lipinski definition) is 1. The van der Waals surface area contributed by atoms with E-state index in [2.05, 4.69) is 10.4 Å². The molecule has 10 heteroatoms. The zero-order valence-electron chi connectivity index (χ0n) is 19.2. The molecule has 1 fully saturated rings. The van der Waals surface area contributed by atoms with Crippen LogP contribution in [0, 0.1) is 5.92 Å². The Balaban J connectivity index is 1.52. The van der Waals surface area contributed by atoms with Crippen LogP contribution in [-0.4, -0.2) is 54.7 Å². The maximum Gasteiger partial charge on any atom is 0.274 e. The summed E-state index contributed by atoms with van der Waals surface area (Å²) in [5.74, 6) is -0.215. The van der Waals surface area contributed by atoms with Gasteiger partial charge in [-0.3, -0.25) is 9.59 Å². The van der Waals surface area contributed by atoms with Gasteiger partial charge in [0.15, 0.2) is 5.69 Å². The van der Waals surface area contributed by atoms with Crippen LogP contribution in [0.3, 0.4) is 0 Å². The average Bonchev–Trinajstić information content (AvgIpc) is 2.85. The summed E-state index contributed by atoms with van der Waals surface area (Å²) >= 11 is 0. The van der Waals surface area contributed by atoms with Crippen LogP contribution >= 0.6 is 0 Å². The molecule has 0 spiro atoms. The molecule has 3 aromatic rings. The van der Waals surface area contributed by atoms with E-state index in [-0.39, 0.29) is 28.6 Å². The molecule has 34 heavy (non-hydrogen) atoms. The lowest BCUT2D eigenvalue weighted by molar-refractivity contribution is 0.0730. The number of carbonyl (C=O) groups excluding carboxylic acids is 1. The molecule has 2 aromatic carbocycles. The monoisotopic (exact) mass is 484 g/mol. The maximum absolute atomic E-state index is 13.0. The van der Waals surface area contributed by atoms with Crippen molar-refractivity contribution < 1.29 is 17.9 Å². The number of carbonyl (C=O) groups is 1. The molecule has 0 saturated carbocycles. The fourth-order valence-corrected chi connectivity index (χ4v) is 5.26. The van der Waals surface area contributed by atoms with E-state index in [0.29, 0.717) is 43.6 Å². The molecule has 1 aliphatic heterocycles. The highest BCUT2D eigenvalue weighted by molar-refractivity contribution is 7.89. The quantitative estimate of drug-likeness (QED) is 0.549. The van der Waals surface area contributed by atoms with Gasteiger partial charge < -0.3 is 10.1 Å². The minimum atomic E-state index is -3.57. The third-order valence-corrected chi connectivity index (χ3v) is 7.52. The molecular formula is C24H28N4O5S. The smallest absolute Gasteiger partial charge is 0.274 e. The first-order valence-corrected chi connectivity index (χ1v) is 12.7. The highest BCUT2D eigenvalue weighted by Crippen LogP contribution is 2.18. The zero-order valence-corrected chi connectivity index (χ0v) is 20.0. The summed E-state index contributed by atoms with van der Waals surface area (Å²) in [6.45, 7) is 5.99. The van der Waals surface area contributed by atoms with Crippen LogP contribution in [0.5, 0.6) is 0 Å². The summed E-state index contributed by atoms with van der Waals surface area (Å²) in [5, 5.41) is 8.13. The van der Waals surface area contributed by atoms with E-state index in [4.69, 9.17) is 4.74 Å². The second-order valence-electron chi connectivity index (χ2n) is 8.62. The van der Waals surface area contributed by atoms with Gasteiger partial charge in [-0.15, -0.1) is 0 Å². The van der Waals surface area contributed by atoms with Gasteiger partial charge in [-0.1, -0.05) is 44.2 Å². The SMILES string of the molecule is CC(C)Cn1nc(C(=O)NCc2ccc(S(=O)(=O)N3CCOCC3)cc2)c2ccccc2c1=O. The van der Waals surface area contributed by atoms with E-state index in [1.807, 2.05) is 13.8 Å². The number of nitrogens with one attached hydrogen (secondary N) is 1. The zero-order chi connectivity index (χ0) is 24.3. The minimum absolute atomic E-state index is 0.183. The lowest BCUT2D eigenvalue weighted by Gasteiger charge is -2.26. The average molecular weight is 485 g/mol. The van der Waals surface area contributed by atoms with E-state index >= 15 is 0 Å². The number of ether oxygens (including phenoxy) is 1. The molecule has 2 heterocycles. The topological polar surface area (TPSA) is 111 Å². The number of morpholine rings is 1. The first-order valence-electron chi connectivity index (χ1n) is 11.2. The van der Waals surface area contributed by atoms with E-state index < -0.39 is 15.9 Å². The largest absolute Gasteiger partial charge is 0.379 e.